The topological polar surface area (TPSA) is 79.9 Å². The number of methoxy groups -OCH3 is 1. The van der Waals surface area contributed by atoms with E-state index in [4.69, 9.17) is 9.47 Å². The largest absolute Gasteiger partial charge is 0.497 e. The number of ether oxygens (including phenoxy) is 2. The van der Waals surface area contributed by atoms with Gasteiger partial charge < -0.3 is 25.0 Å². The van der Waals surface area contributed by atoms with Crippen molar-refractivity contribution in [1.29, 1.82) is 0 Å². The van der Waals surface area contributed by atoms with Gasteiger partial charge in [-0.1, -0.05) is 18.2 Å². The summed E-state index contributed by atoms with van der Waals surface area (Å²) < 4.78 is 52.5. The summed E-state index contributed by atoms with van der Waals surface area (Å²) in [6.45, 7) is 0.438. The van der Waals surface area contributed by atoms with Crippen LogP contribution in [0, 0.1) is 0 Å². The molecule has 0 fully saturated rings. The highest BCUT2D eigenvalue weighted by Crippen LogP contribution is 2.42. The molecular weight excluding hydrogens is 439 g/mol. The van der Waals surface area contributed by atoms with Crippen LogP contribution in [0.4, 0.5) is 23.7 Å². The van der Waals surface area contributed by atoms with E-state index in [1.54, 1.807) is 31.3 Å². The number of anilines is 1. The van der Waals surface area contributed by atoms with Crippen molar-refractivity contribution in [3.05, 3.63) is 59.2 Å². The molecule has 1 heterocycles. The van der Waals surface area contributed by atoms with E-state index in [1.165, 1.54) is 31.2 Å². The smallest absolute Gasteiger partial charge is 0.416 e. The average Bonchev–Trinajstić information content (AvgIpc) is 2.91. The molecule has 0 radical (unpaired) electrons. The first-order chi connectivity index (χ1) is 15.7. The van der Waals surface area contributed by atoms with Crippen molar-refractivity contribution in [2.75, 3.05) is 39.2 Å². The monoisotopic (exact) mass is 465 g/mol. The van der Waals surface area contributed by atoms with Crippen molar-refractivity contribution in [2.24, 2.45) is 0 Å². The summed E-state index contributed by atoms with van der Waals surface area (Å²) in [6, 6.07) is 10.4. The molecule has 1 aliphatic heterocycles. The van der Waals surface area contributed by atoms with Crippen LogP contribution < -0.4 is 20.3 Å². The molecule has 0 bridgehead atoms. The molecular formula is C23H26F3N3O4. The van der Waals surface area contributed by atoms with Crippen LogP contribution in [0.15, 0.2) is 42.5 Å². The lowest BCUT2D eigenvalue weighted by atomic mass is 9.86. The van der Waals surface area contributed by atoms with E-state index in [9.17, 15) is 22.8 Å². The zero-order chi connectivity index (χ0) is 24.2. The molecule has 0 saturated carbocycles. The SMILES string of the molecule is CNCCN1C(=O)C(OC(=O)NC)C(c2ccc(OC)cc2)Cc2c1cccc2C(F)(F)F. The number of halogens is 3. The van der Waals surface area contributed by atoms with Crippen molar-refractivity contribution >= 4 is 17.7 Å². The van der Waals surface area contributed by atoms with E-state index < -0.39 is 35.8 Å². The van der Waals surface area contributed by atoms with Gasteiger partial charge in [-0.25, -0.2) is 4.79 Å². The maximum Gasteiger partial charge on any atom is 0.416 e. The minimum Gasteiger partial charge on any atom is -0.497 e. The number of fused-ring (bicyclic) bond motifs is 1. The van der Waals surface area contributed by atoms with Crippen LogP contribution in [0.3, 0.4) is 0 Å². The highest BCUT2D eigenvalue weighted by atomic mass is 19.4. The average molecular weight is 465 g/mol. The van der Waals surface area contributed by atoms with Crippen LogP contribution in [0.5, 0.6) is 5.75 Å². The van der Waals surface area contributed by atoms with Gasteiger partial charge in [-0.3, -0.25) is 4.79 Å². The first-order valence-electron chi connectivity index (χ1n) is 10.4. The van der Waals surface area contributed by atoms with E-state index >= 15 is 0 Å². The lowest BCUT2D eigenvalue weighted by Crippen LogP contribution is -2.46. The van der Waals surface area contributed by atoms with Gasteiger partial charge in [0.2, 0.25) is 0 Å². The van der Waals surface area contributed by atoms with E-state index in [-0.39, 0.29) is 24.2 Å². The van der Waals surface area contributed by atoms with Crippen LogP contribution in [0.25, 0.3) is 0 Å². The molecule has 1 aliphatic rings. The first-order valence-corrected chi connectivity index (χ1v) is 10.4. The van der Waals surface area contributed by atoms with Crippen LogP contribution in [-0.2, 0) is 22.1 Å². The van der Waals surface area contributed by atoms with Gasteiger partial charge in [-0.05, 0) is 48.9 Å². The van der Waals surface area contributed by atoms with Crippen LogP contribution in [-0.4, -0.2) is 52.4 Å². The lowest BCUT2D eigenvalue weighted by Gasteiger charge is -2.28. The summed E-state index contributed by atoms with van der Waals surface area (Å²) in [7, 11) is 4.52. The summed E-state index contributed by atoms with van der Waals surface area (Å²) in [6.07, 6.45) is -6.94. The number of nitrogens with zero attached hydrogens (tertiary/aromatic N) is 1. The van der Waals surface area contributed by atoms with E-state index in [2.05, 4.69) is 10.6 Å². The summed E-state index contributed by atoms with van der Waals surface area (Å²) in [5.74, 6) is -0.884. The van der Waals surface area contributed by atoms with Gasteiger partial charge in [-0.15, -0.1) is 0 Å². The number of alkyl halides is 3. The Morgan fingerprint density at radius 3 is 2.42 bits per heavy atom. The second-order valence-corrected chi connectivity index (χ2v) is 7.55. The van der Waals surface area contributed by atoms with Gasteiger partial charge in [-0.2, -0.15) is 13.2 Å². The van der Waals surface area contributed by atoms with Crippen molar-refractivity contribution in [3.8, 4) is 5.75 Å². The molecule has 2 N–H and O–H groups in total. The predicted molar refractivity (Wildman–Crippen MR) is 116 cm³/mol. The fraction of sp³-hybridized carbons (Fsp3) is 0.391. The van der Waals surface area contributed by atoms with Gasteiger partial charge in [0.25, 0.3) is 5.91 Å². The number of hydrogen-bond acceptors (Lipinski definition) is 5. The van der Waals surface area contributed by atoms with Crippen molar-refractivity contribution in [1.82, 2.24) is 10.6 Å². The maximum atomic E-state index is 13.9. The second kappa shape index (κ2) is 10.1. The van der Waals surface area contributed by atoms with Crippen LogP contribution in [0.1, 0.15) is 22.6 Å². The van der Waals surface area contributed by atoms with Crippen molar-refractivity contribution in [3.63, 3.8) is 0 Å². The summed E-state index contributed by atoms with van der Waals surface area (Å²) in [5.41, 5.74) is -0.123. The molecule has 7 nitrogen and oxygen atoms in total. The zero-order valence-corrected chi connectivity index (χ0v) is 18.5. The van der Waals surface area contributed by atoms with Crippen LogP contribution >= 0.6 is 0 Å². The van der Waals surface area contributed by atoms with Crippen LogP contribution in [0.2, 0.25) is 0 Å². The third-order valence-corrected chi connectivity index (χ3v) is 5.61. The molecule has 3 rings (SSSR count). The molecule has 2 aromatic rings. The Morgan fingerprint density at radius 1 is 1.15 bits per heavy atom. The zero-order valence-electron chi connectivity index (χ0n) is 18.5. The fourth-order valence-electron chi connectivity index (χ4n) is 3.98. The van der Waals surface area contributed by atoms with E-state index in [0.29, 0.717) is 17.9 Å². The number of alkyl carbamates (subject to hydrolysis) is 1. The number of nitrogens with one attached hydrogen (secondary N) is 2. The van der Waals surface area contributed by atoms with Gasteiger partial charge in [0.1, 0.15) is 5.75 Å². The normalized spacial score (nSPS) is 18.4. The van der Waals surface area contributed by atoms with E-state index in [0.717, 1.165) is 6.07 Å². The molecule has 0 aliphatic carbocycles. The predicted octanol–water partition coefficient (Wildman–Crippen LogP) is 3.33. The Balaban J connectivity index is 2.21. The van der Waals surface area contributed by atoms with Gasteiger partial charge in [0.15, 0.2) is 6.10 Å². The highest BCUT2D eigenvalue weighted by molar-refractivity contribution is 6.00. The Hall–Kier alpha value is -3.27. The molecule has 0 spiro atoms. The van der Waals surface area contributed by atoms with Gasteiger partial charge >= 0.3 is 12.3 Å². The minimum atomic E-state index is -4.62. The summed E-state index contributed by atoms with van der Waals surface area (Å²) >= 11 is 0. The number of amides is 2. The van der Waals surface area contributed by atoms with Crippen molar-refractivity contribution in [2.45, 2.75) is 24.6 Å². The van der Waals surface area contributed by atoms with Gasteiger partial charge in [0, 0.05) is 31.7 Å². The molecule has 178 valence electrons. The molecule has 10 heteroatoms. The quantitative estimate of drug-likeness (QED) is 0.684. The molecule has 0 saturated heterocycles. The third-order valence-electron chi connectivity index (χ3n) is 5.61. The fourth-order valence-corrected chi connectivity index (χ4v) is 3.98. The molecule has 2 amide bonds. The van der Waals surface area contributed by atoms with Crippen molar-refractivity contribution < 1.29 is 32.2 Å². The molecule has 33 heavy (non-hydrogen) atoms. The van der Waals surface area contributed by atoms with E-state index in [1.807, 2.05) is 0 Å². The highest BCUT2D eigenvalue weighted by Gasteiger charge is 2.44. The molecule has 0 aromatic heterocycles. The third kappa shape index (κ3) is 5.22. The first kappa shape index (κ1) is 24.4. The number of carbonyl (C=O) groups is 2. The Kier molecular flexibility index (Phi) is 7.47. The summed E-state index contributed by atoms with van der Waals surface area (Å²) in [4.78, 5) is 27.0. The Morgan fingerprint density at radius 2 is 1.85 bits per heavy atom. The molecule has 2 unspecified atom stereocenters. The number of likely N-dealkylation sites (N-methyl/N-ethyl adjacent to an activating group) is 1. The minimum absolute atomic E-state index is 0.0155. The number of hydrogen-bond donors (Lipinski definition) is 2. The second-order valence-electron chi connectivity index (χ2n) is 7.55. The molecule has 2 aromatic carbocycles. The number of benzene rings is 2. The molecule has 2 atom stereocenters. The lowest BCUT2D eigenvalue weighted by molar-refractivity contribution is -0.138. The number of carbonyl (C=O) groups excluding carboxylic acids is 2. The standard InChI is InChI=1S/C23H26F3N3O4/c1-27-11-12-29-19-6-4-5-18(23(24,25)26)17(19)13-16(14-7-9-15(32-3)10-8-14)20(21(29)30)33-22(31)28-2/h4-10,16,20,27H,11-13H2,1-3H3,(H,28,31). The summed E-state index contributed by atoms with van der Waals surface area (Å²) in [5, 5.41) is 5.22. The number of rotatable bonds is 6. The Labute approximate surface area is 189 Å². The van der Waals surface area contributed by atoms with Gasteiger partial charge in [0.05, 0.1) is 12.7 Å². The Bertz CT molecular complexity index is 995. The maximum absolute atomic E-state index is 13.9.